The lowest BCUT2D eigenvalue weighted by Gasteiger charge is -2.23. The first-order valence-electron chi connectivity index (χ1n) is 12.4. The molecule has 0 radical (unpaired) electrons. The highest BCUT2D eigenvalue weighted by Gasteiger charge is 2.50. The number of nitrogens with one attached hydrogen (secondary N) is 1. The molecule has 29 heavy (non-hydrogen) atoms. The van der Waals surface area contributed by atoms with Crippen LogP contribution in [-0.4, -0.2) is 19.2 Å². The first kappa shape index (κ1) is 24.3. The number of ether oxygens (including phenoxy) is 1. The molecule has 2 rings (SSSR count). The Morgan fingerprint density at radius 1 is 0.897 bits per heavy atom. The van der Waals surface area contributed by atoms with Gasteiger partial charge in [-0.25, -0.2) is 4.79 Å². The molecule has 1 unspecified atom stereocenters. The highest BCUT2D eigenvalue weighted by molar-refractivity contribution is 5.67. The smallest absolute Gasteiger partial charge is 0.407 e. The number of alkyl carbamates (subject to hydrolysis) is 1. The van der Waals surface area contributed by atoms with Crippen LogP contribution >= 0.6 is 0 Å². The second kappa shape index (κ2) is 12.0. The number of hydrogen-bond acceptors (Lipinski definition) is 2. The van der Waals surface area contributed by atoms with Gasteiger partial charge in [-0.3, -0.25) is 0 Å². The van der Waals surface area contributed by atoms with Gasteiger partial charge in [-0.15, -0.1) is 0 Å². The predicted octanol–water partition coefficient (Wildman–Crippen LogP) is 7.36. The summed E-state index contributed by atoms with van der Waals surface area (Å²) in [5.74, 6) is 4.25. The third-order valence-corrected chi connectivity index (χ3v) is 7.19. The van der Waals surface area contributed by atoms with Crippen molar-refractivity contribution < 1.29 is 9.53 Å². The molecular weight excluding hydrogens is 358 g/mol. The van der Waals surface area contributed by atoms with Crippen LogP contribution in [0.3, 0.4) is 0 Å². The molecule has 1 saturated carbocycles. The molecule has 0 spiro atoms. The zero-order chi connectivity index (χ0) is 21.4. The van der Waals surface area contributed by atoms with Crippen molar-refractivity contribution in [3.8, 4) is 0 Å². The summed E-state index contributed by atoms with van der Waals surface area (Å²) in [6, 6.07) is 0. The predicted molar refractivity (Wildman–Crippen MR) is 123 cm³/mol. The SMILES string of the molecule is CC(C)CCCCCCNC(=O)OCC1[C@H]2CC/C(C(C)C)=C(/C(C)C)CC[C@@H]12. The molecule has 1 amide bonds. The first-order chi connectivity index (χ1) is 13.8. The van der Waals surface area contributed by atoms with Gasteiger partial charge < -0.3 is 10.1 Å². The summed E-state index contributed by atoms with van der Waals surface area (Å²) in [6.07, 6.45) is 11.0. The van der Waals surface area contributed by atoms with Crippen LogP contribution in [0.25, 0.3) is 0 Å². The van der Waals surface area contributed by atoms with Gasteiger partial charge in [0.05, 0.1) is 6.61 Å². The van der Waals surface area contributed by atoms with Crippen LogP contribution in [0.2, 0.25) is 0 Å². The molecule has 0 bridgehead atoms. The summed E-state index contributed by atoms with van der Waals surface area (Å²) in [5, 5.41) is 2.95. The number of rotatable bonds is 11. The van der Waals surface area contributed by atoms with Gasteiger partial charge in [-0.2, -0.15) is 0 Å². The van der Waals surface area contributed by atoms with Gasteiger partial charge in [0.25, 0.3) is 0 Å². The number of amides is 1. The van der Waals surface area contributed by atoms with E-state index in [2.05, 4.69) is 46.9 Å². The largest absolute Gasteiger partial charge is 0.449 e. The third kappa shape index (κ3) is 7.98. The van der Waals surface area contributed by atoms with Crippen molar-refractivity contribution in [3.05, 3.63) is 11.1 Å². The van der Waals surface area contributed by atoms with E-state index >= 15 is 0 Å². The summed E-state index contributed by atoms with van der Waals surface area (Å²) in [4.78, 5) is 12.0. The van der Waals surface area contributed by atoms with E-state index in [0.29, 0.717) is 24.4 Å². The van der Waals surface area contributed by atoms with Crippen molar-refractivity contribution >= 4 is 6.09 Å². The van der Waals surface area contributed by atoms with E-state index in [1.165, 1.54) is 51.4 Å². The van der Waals surface area contributed by atoms with Gasteiger partial charge in [-0.1, -0.05) is 78.4 Å². The minimum atomic E-state index is -0.213. The van der Waals surface area contributed by atoms with Gasteiger partial charge in [0.1, 0.15) is 0 Å². The number of fused-ring (bicyclic) bond motifs is 1. The normalized spacial score (nSPS) is 27.0. The molecule has 0 saturated heterocycles. The molecule has 2 aliphatic carbocycles. The number of allylic oxidation sites excluding steroid dienone is 2. The fourth-order valence-corrected chi connectivity index (χ4v) is 5.36. The lowest BCUT2D eigenvalue weighted by atomic mass is 9.83. The molecule has 0 aromatic rings. The van der Waals surface area contributed by atoms with E-state index in [9.17, 15) is 4.79 Å². The Morgan fingerprint density at radius 3 is 1.97 bits per heavy atom. The zero-order valence-corrected chi connectivity index (χ0v) is 20.1. The highest BCUT2D eigenvalue weighted by Crippen LogP contribution is 2.55. The minimum absolute atomic E-state index is 0.213. The van der Waals surface area contributed by atoms with E-state index in [0.717, 1.165) is 30.7 Å². The molecule has 2 aliphatic rings. The molecule has 1 N–H and O–H groups in total. The fraction of sp³-hybridized carbons (Fsp3) is 0.885. The second-order valence-electron chi connectivity index (χ2n) is 10.6. The number of carbonyl (C=O) groups excluding carboxylic acids is 1. The van der Waals surface area contributed by atoms with E-state index in [-0.39, 0.29) is 6.09 Å². The Morgan fingerprint density at radius 2 is 1.45 bits per heavy atom. The molecule has 1 fully saturated rings. The van der Waals surface area contributed by atoms with Gasteiger partial charge >= 0.3 is 6.09 Å². The van der Waals surface area contributed by atoms with Crippen molar-refractivity contribution in [1.29, 1.82) is 0 Å². The van der Waals surface area contributed by atoms with Crippen molar-refractivity contribution in [2.24, 2.45) is 35.5 Å². The average molecular weight is 406 g/mol. The lowest BCUT2D eigenvalue weighted by molar-refractivity contribution is 0.137. The average Bonchev–Trinajstić information content (AvgIpc) is 3.28. The van der Waals surface area contributed by atoms with Gasteiger partial charge in [-0.05, 0) is 67.6 Å². The Kier molecular flexibility index (Phi) is 10.1. The monoisotopic (exact) mass is 405 g/mol. The van der Waals surface area contributed by atoms with Gasteiger partial charge in [0, 0.05) is 6.54 Å². The third-order valence-electron chi connectivity index (χ3n) is 7.19. The standard InChI is InChI=1S/C26H47NO2/c1-18(2)11-9-7-8-10-16-27-26(28)29-17-25-23-14-12-21(19(3)4)22(20(5)6)13-15-24(23)25/h18-20,23-25H,7-17H2,1-6H3,(H,27,28)/b22-21-/t23-,24+,25?. The minimum Gasteiger partial charge on any atom is -0.449 e. The number of carbonyl (C=O) groups is 1. The van der Waals surface area contributed by atoms with Crippen LogP contribution in [0, 0.1) is 35.5 Å². The van der Waals surface area contributed by atoms with Crippen molar-refractivity contribution in [1.82, 2.24) is 5.32 Å². The Labute approximate surface area is 180 Å². The number of unbranched alkanes of at least 4 members (excludes halogenated alkanes) is 3. The zero-order valence-electron chi connectivity index (χ0n) is 20.1. The molecule has 0 aromatic heterocycles. The molecule has 0 aromatic carbocycles. The Balaban J connectivity index is 1.63. The van der Waals surface area contributed by atoms with Gasteiger partial charge in [0.15, 0.2) is 0 Å². The lowest BCUT2D eigenvalue weighted by Crippen LogP contribution is -2.26. The molecule has 3 nitrogen and oxygen atoms in total. The van der Waals surface area contributed by atoms with Crippen molar-refractivity contribution in [2.45, 2.75) is 99.3 Å². The molecule has 3 heteroatoms. The molecule has 0 heterocycles. The summed E-state index contributed by atoms with van der Waals surface area (Å²) in [5.41, 5.74) is 3.41. The first-order valence-corrected chi connectivity index (χ1v) is 12.4. The number of hydrogen-bond donors (Lipinski definition) is 1. The van der Waals surface area contributed by atoms with Crippen LogP contribution in [0.4, 0.5) is 4.79 Å². The van der Waals surface area contributed by atoms with Crippen LogP contribution in [0.1, 0.15) is 99.3 Å². The van der Waals surface area contributed by atoms with E-state index < -0.39 is 0 Å². The van der Waals surface area contributed by atoms with Crippen LogP contribution in [-0.2, 0) is 4.74 Å². The maximum absolute atomic E-state index is 12.0. The van der Waals surface area contributed by atoms with Gasteiger partial charge in [0.2, 0.25) is 0 Å². The fourth-order valence-electron chi connectivity index (χ4n) is 5.36. The Hall–Kier alpha value is -0.990. The summed E-state index contributed by atoms with van der Waals surface area (Å²) in [7, 11) is 0. The summed E-state index contributed by atoms with van der Waals surface area (Å²) in [6.45, 7) is 15.3. The van der Waals surface area contributed by atoms with Crippen molar-refractivity contribution in [3.63, 3.8) is 0 Å². The molecule has 3 atom stereocenters. The Bertz CT molecular complexity index is 507. The quantitative estimate of drug-likeness (QED) is 0.288. The van der Waals surface area contributed by atoms with E-state index in [4.69, 9.17) is 4.74 Å². The molecular formula is C26H47NO2. The molecule has 168 valence electrons. The highest BCUT2D eigenvalue weighted by atomic mass is 16.5. The second-order valence-corrected chi connectivity index (χ2v) is 10.6. The van der Waals surface area contributed by atoms with Crippen LogP contribution in [0.5, 0.6) is 0 Å². The van der Waals surface area contributed by atoms with Crippen LogP contribution < -0.4 is 5.32 Å². The van der Waals surface area contributed by atoms with Crippen molar-refractivity contribution in [2.75, 3.05) is 13.2 Å². The maximum atomic E-state index is 12.0. The molecule has 0 aliphatic heterocycles. The summed E-state index contributed by atoms with van der Waals surface area (Å²) >= 11 is 0. The van der Waals surface area contributed by atoms with Crippen LogP contribution in [0.15, 0.2) is 11.1 Å². The van der Waals surface area contributed by atoms with E-state index in [1.54, 1.807) is 11.1 Å². The maximum Gasteiger partial charge on any atom is 0.407 e. The van der Waals surface area contributed by atoms with E-state index in [1.807, 2.05) is 0 Å². The summed E-state index contributed by atoms with van der Waals surface area (Å²) < 4.78 is 5.58. The topological polar surface area (TPSA) is 38.3 Å².